The lowest BCUT2D eigenvalue weighted by molar-refractivity contribution is 0.0240. The molecule has 1 unspecified atom stereocenters. The fourth-order valence-corrected chi connectivity index (χ4v) is 1.96. The lowest BCUT2D eigenvalue weighted by Crippen LogP contribution is -2.39. The quantitative estimate of drug-likeness (QED) is 0.813. The van der Waals surface area contributed by atoms with Crippen molar-refractivity contribution in [2.24, 2.45) is 0 Å². The molecule has 92 valence electrons. The van der Waals surface area contributed by atoms with E-state index in [0.29, 0.717) is 25.1 Å². The van der Waals surface area contributed by atoms with Gasteiger partial charge in [0.2, 0.25) is 0 Å². The van der Waals surface area contributed by atoms with E-state index in [0.717, 1.165) is 12.1 Å². The molecule has 1 aromatic rings. The molecule has 0 bridgehead atoms. The minimum Gasteiger partial charge on any atom is -0.375 e. The summed E-state index contributed by atoms with van der Waals surface area (Å²) in [6, 6.07) is 4.29. The number of hydrogen-bond donors (Lipinski definition) is 1. The SMILES string of the molecule is Cc1ccc(F)cc1C(=O)CC1CNCCO1. The minimum atomic E-state index is -0.373. The van der Waals surface area contributed by atoms with Gasteiger partial charge >= 0.3 is 0 Å². The number of carbonyl (C=O) groups excluding carboxylic acids is 1. The number of carbonyl (C=O) groups is 1. The van der Waals surface area contributed by atoms with Crippen molar-refractivity contribution in [1.82, 2.24) is 5.32 Å². The van der Waals surface area contributed by atoms with Gasteiger partial charge in [-0.3, -0.25) is 4.79 Å². The highest BCUT2D eigenvalue weighted by molar-refractivity contribution is 5.97. The number of halogens is 1. The molecule has 1 atom stereocenters. The molecule has 0 radical (unpaired) electrons. The van der Waals surface area contributed by atoms with Gasteiger partial charge in [-0.1, -0.05) is 6.07 Å². The Kier molecular flexibility index (Phi) is 3.86. The highest BCUT2D eigenvalue weighted by Gasteiger charge is 2.19. The molecule has 1 aliphatic heterocycles. The van der Waals surface area contributed by atoms with Crippen molar-refractivity contribution in [3.63, 3.8) is 0 Å². The topological polar surface area (TPSA) is 38.3 Å². The molecular formula is C13H16FNO2. The lowest BCUT2D eigenvalue weighted by atomic mass is 10.00. The summed E-state index contributed by atoms with van der Waals surface area (Å²) in [5.74, 6) is -0.433. The average Bonchev–Trinajstić information content (AvgIpc) is 2.33. The molecule has 1 aliphatic rings. The van der Waals surface area contributed by atoms with E-state index in [9.17, 15) is 9.18 Å². The van der Waals surface area contributed by atoms with Crippen LogP contribution in [0.1, 0.15) is 22.3 Å². The van der Waals surface area contributed by atoms with Crippen LogP contribution < -0.4 is 5.32 Å². The zero-order valence-electron chi connectivity index (χ0n) is 9.83. The van der Waals surface area contributed by atoms with Crippen molar-refractivity contribution in [1.29, 1.82) is 0 Å². The highest BCUT2D eigenvalue weighted by atomic mass is 19.1. The molecule has 3 nitrogen and oxygen atoms in total. The van der Waals surface area contributed by atoms with E-state index in [1.165, 1.54) is 12.1 Å². The first-order valence-electron chi connectivity index (χ1n) is 5.78. The Balaban J connectivity index is 2.05. The van der Waals surface area contributed by atoms with Crippen molar-refractivity contribution in [2.75, 3.05) is 19.7 Å². The maximum Gasteiger partial charge on any atom is 0.165 e. The third kappa shape index (κ3) is 3.11. The minimum absolute atomic E-state index is 0.0595. The fourth-order valence-electron chi connectivity index (χ4n) is 1.96. The summed E-state index contributed by atoms with van der Waals surface area (Å²) >= 11 is 0. The number of ether oxygens (including phenoxy) is 1. The maximum absolute atomic E-state index is 13.1. The van der Waals surface area contributed by atoms with Crippen LogP contribution in [0.3, 0.4) is 0 Å². The van der Waals surface area contributed by atoms with Crippen LogP contribution in [0.25, 0.3) is 0 Å². The van der Waals surface area contributed by atoms with Gasteiger partial charge < -0.3 is 10.1 Å². The molecule has 1 aromatic carbocycles. The fraction of sp³-hybridized carbons (Fsp3) is 0.462. The predicted molar refractivity (Wildman–Crippen MR) is 62.7 cm³/mol. The second-order valence-electron chi connectivity index (χ2n) is 4.28. The molecule has 0 aliphatic carbocycles. The Morgan fingerprint density at radius 2 is 2.41 bits per heavy atom. The van der Waals surface area contributed by atoms with E-state index in [2.05, 4.69) is 5.32 Å². The van der Waals surface area contributed by atoms with E-state index in [1.807, 2.05) is 6.92 Å². The Hall–Kier alpha value is -1.26. The second-order valence-corrected chi connectivity index (χ2v) is 4.28. The number of aryl methyl sites for hydroxylation is 1. The van der Waals surface area contributed by atoms with Crippen LogP contribution in [-0.4, -0.2) is 31.6 Å². The maximum atomic E-state index is 13.1. The second kappa shape index (κ2) is 5.38. The molecule has 1 heterocycles. The van der Waals surface area contributed by atoms with Gasteiger partial charge in [0.15, 0.2) is 5.78 Å². The standard InChI is InChI=1S/C13H16FNO2/c1-9-2-3-10(14)6-12(9)13(16)7-11-8-15-4-5-17-11/h2-3,6,11,15H,4-5,7-8H2,1H3. The molecule has 1 N–H and O–H groups in total. The van der Waals surface area contributed by atoms with Crippen LogP contribution in [0.2, 0.25) is 0 Å². The molecule has 0 amide bonds. The third-order valence-corrected chi connectivity index (χ3v) is 2.92. The van der Waals surface area contributed by atoms with Gasteiger partial charge in [0, 0.05) is 25.1 Å². The summed E-state index contributed by atoms with van der Waals surface area (Å²) < 4.78 is 18.6. The number of hydrogen-bond acceptors (Lipinski definition) is 3. The zero-order chi connectivity index (χ0) is 12.3. The Labute approximate surface area is 100.0 Å². The van der Waals surface area contributed by atoms with Gasteiger partial charge in [0.25, 0.3) is 0 Å². The number of ketones is 1. The number of Topliss-reactive ketones (excluding diaryl/α,β-unsaturated/α-hetero) is 1. The molecule has 0 saturated carbocycles. The molecule has 4 heteroatoms. The molecule has 1 saturated heterocycles. The van der Waals surface area contributed by atoms with Crippen LogP contribution in [-0.2, 0) is 4.74 Å². The van der Waals surface area contributed by atoms with Crippen molar-refractivity contribution in [2.45, 2.75) is 19.4 Å². The monoisotopic (exact) mass is 237 g/mol. The van der Waals surface area contributed by atoms with Gasteiger partial charge in [-0.2, -0.15) is 0 Å². The van der Waals surface area contributed by atoms with Crippen molar-refractivity contribution >= 4 is 5.78 Å². The summed E-state index contributed by atoms with van der Waals surface area (Å²) in [4.78, 5) is 12.0. The largest absolute Gasteiger partial charge is 0.375 e. The first-order chi connectivity index (χ1) is 8.16. The molecule has 2 rings (SSSR count). The smallest absolute Gasteiger partial charge is 0.165 e. The molecule has 17 heavy (non-hydrogen) atoms. The van der Waals surface area contributed by atoms with Gasteiger partial charge in [0.1, 0.15) is 5.82 Å². The van der Waals surface area contributed by atoms with Crippen LogP contribution in [0.15, 0.2) is 18.2 Å². The number of nitrogens with one attached hydrogen (secondary N) is 1. The molecule has 1 fully saturated rings. The molecule has 0 spiro atoms. The van der Waals surface area contributed by atoms with Gasteiger partial charge in [-0.25, -0.2) is 4.39 Å². The summed E-state index contributed by atoms with van der Waals surface area (Å²) in [6.45, 7) is 3.94. The van der Waals surface area contributed by atoms with Gasteiger partial charge in [0.05, 0.1) is 12.7 Å². The highest BCUT2D eigenvalue weighted by Crippen LogP contribution is 2.15. The average molecular weight is 237 g/mol. The summed E-state index contributed by atoms with van der Waals surface area (Å²) in [7, 11) is 0. The van der Waals surface area contributed by atoms with E-state index < -0.39 is 0 Å². The van der Waals surface area contributed by atoms with Crippen LogP contribution in [0, 0.1) is 12.7 Å². The van der Waals surface area contributed by atoms with Crippen LogP contribution in [0.5, 0.6) is 0 Å². The van der Waals surface area contributed by atoms with Crippen molar-refractivity contribution in [3.05, 3.63) is 35.1 Å². The number of rotatable bonds is 3. The summed E-state index contributed by atoms with van der Waals surface area (Å²) in [5, 5.41) is 3.17. The zero-order valence-corrected chi connectivity index (χ0v) is 9.83. The van der Waals surface area contributed by atoms with Crippen LogP contribution in [0.4, 0.5) is 4.39 Å². The summed E-state index contributed by atoms with van der Waals surface area (Å²) in [5.41, 5.74) is 1.26. The van der Waals surface area contributed by atoms with E-state index in [4.69, 9.17) is 4.74 Å². The van der Waals surface area contributed by atoms with E-state index >= 15 is 0 Å². The van der Waals surface area contributed by atoms with Crippen molar-refractivity contribution in [3.8, 4) is 0 Å². The van der Waals surface area contributed by atoms with E-state index in [-0.39, 0.29) is 17.7 Å². The Morgan fingerprint density at radius 3 is 3.12 bits per heavy atom. The molecule has 0 aromatic heterocycles. The Morgan fingerprint density at radius 1 is 1.59 bits per heavy atom. The van der Waals surface area contributed by atoms with Crippen molar-refractivity contribution < 1.29 is 13.9 Å². The predicted octanol–water partition coefficient (Wildman–Crippen LogP) is 1.70. The first kappa shape index (κ1) is 12.2. The van der Waals surface area contributed by atoms with Crippen LogP contribution >= 0.6 is 0 Å². The normalized spacial score (nSPS) is 20.2. The first-order valence-corrected chi connectivity index (χ1v) is 5.78. The van der Waals surface area contributed by atoms with Gasteiger partial charge in [-0.15, -0.1) is 0 Å². The molecular weight excluding hydrogens is 221 g/mol. The van der Waals surface area contributed by atoms with Gasteiger partial charge in [-0.05, 0) is 24.6 Å². The number of morpholine rings is 1. The lowest BCUT2D eigenvalue weighted by Gasteiger charge is -2.23. The Bertz CT molecular complexity index is 414. The van der Waals surface area contributed by atoms with E-state index in [1.54, 1.807) is 6.07 Å². The summed E-state index contributed by atoms with van der Waals surface area (Å²) in [6.07, 6.45) is 0.205. The third-order valence-electron chi connectivity index (χ3n) is 2.92. The number of benzene rings is 1.